The van der Waals surface area contributed by atoms with Gasteiger partial charge < -0.3 is 15.0 Å². The van der Waals surface area contributed by atoms with Crippen molar-refractivity contribution in [3.63, 3.8) is 0 Å². The summed E-state index contributed by atoms with van der Waals surface area (Å²) < 4.78 is 5.13. The lowest BCUT2D eigenvalue weighted by molar-refractivity contribution is -0.130. The van der Waals surface area contributed by atoms with E-state index in [0.29, 0.717) is 24.7 Å². The van der Waals surface area contributed by atoms with E-state index in [1.807, 2.05) is 36.4 Å². The maximum atomic E-state index is 12.1. The molecular formula is C21H25ClN2O3. The van der Waals surface area contributed by atoms with Gasteiger partial charge in [0.25, 0.3) is 0 Å². The lowest BCUT2D eigenvalue weighted by Crippen LogP contribution is -2.34. The van der Waals surface area contributed by atoms with Crippen LogP contribution in [0.1, 0.15) is 24.5 Å². The van der Waals surface area contributed by atoms with Gasteiger partial charge in [-0.15, -0.1) is 0 Å². The average molecular weight is 389 g/mol. The molecule has 0 saturated heterocycles. The van der Waals surface area contributed by atoms with Gasteiger partial charge in [-0.25, -0.2) is 0 Å². The van der Waals surface area contributed by atoms with Gasteiger partial charge in [0.1, 0.15) is 5.75 Å². The van der Waals surface area contributed by atoms with E-state index in [-0.39, 0.29) is 18.2 Å². The Morgan fingerprint density at radius 2 is 1.67 bits per heavy atom. The topological polar surface area (TPSA) is 58.6 Å². The molecule has 144 valence electrons. The van der Waals surface area contributed by atoms with Crippen LogP contribution < -0.4 is 10.1 Å². The Hall–Kier alpha value is -2.53. The van der Waals surface area contributed by atoms with Gasteiger partial charge in [-0.3, -0.25) is 9.59 Å². The Balaban J connectivity index is 1.74. The molecule has 0 spiro atoms. The van der Waals surface area contributed by atoms with E-state index in [4.69, 9.17) is 16.3 Å². The number of hydrogen-bond acceptors (Lipinski definition) is 3. The van der Waals surface area contributed by atoms with Gasteiger partial charge >= 0.3 is 0 Å². The molecule has 2 aromatic rings. The van der Waals surface area contributed by atoms with Gasteiger partial charge in [-0.05, 0) is 41.8 Å². The third-order valence-electron chi connectivity index (χ3n) is 4.24. The molecular weight excluding hydrogens is 364 g/mol. The minimum absolute atomic E-state index is 0.0593. The zero-order chi connectivity index (χ0) is 19.6. The second-order valence-corrected chi connectivity index (χ2v) is 6.70. The summed E-state index contributed by atoms with van der Waals surface area (Å²) in [6.45, 7) is 2.91. The van der Waals surface area contributed by atoms with Crippen LogP contribution >= 0.6 is 11.6 Å². The quantitative estimate of drug-likeness (QED) is 0.715. The van der Waals surface area contributed by atoms with Crippen molar-refractivity contribution in [2.24, 2.45) is 0 Å². The number of ether oxygens (including phenoxy) is 1. The first-order chi connectivity index (χ1) is 13.0. The van der Waals surface area contributed by atoms with Crippen molar-refractivity contribution in [3.8, 4) is 5.75 Å². The summed E-state index contributed by atoms with van der Waals surface area (Å²) in [5, 5.41) is 3.56. The predicted octanol–water partition coefficient (Wildman–Crippen LogP) is 3.45. The molecule has 0 bridgehead atoms. The van der Waals surface area contributed by atoms with E-state index in [9.17, 15) is 9.59 Å². The smallest absolute Gasteiger partial charge is 0.221 e. The van der Waals surface area contributed by atoms with E-state index in [1.165, 1.54) is 6.92 Å². The molecule has 27 heavy (non-hydrogen) atoms. The van der Waals surface area contributed by atoms with Crippen LogP contribution in [0.25, 0.3) is 0 Å². The Morgan fingerprint density at radius 1 is 1.04 bits per heavy atom. The standard InChI is InChI=1S/C21H25ClN2O3/c1-16(25)24(15-18-3-7-19(22)8-4-18)14-12-21(26)23-13-11-17-5-9-20(27-2)10-6-17/h3-10H,11-15H2,1-2H3,(H,23,26). The molecule has 0 saturated carbocycles. The molecule has 0 atom stereocenters. The first-order valence-corrected chi connectivity index (χ1v) is 9.25. The molecule has 0 fully saturated rings. The van der Waals surface area contributed by atoms with Crippen LogP contribution in [-0.4, -0.2) is 36.9 Å². The Morgan fingerprint density at radius 3 is 2.26 bits per heavy atom. The molecule has 0 aliphatic rings. The van der Waals surface area contributed by atoms with Crippen LogP contribution in [-0.2, 0) is 22.6 Å². The highest BCUT2D eigenvalue weighted by molar-refractivity contribution is 6.30. The highest BCUT2D eigenvalue weighted by Gasteiger charge is 2.12. The molecule has 0 unspecified atom stereocenters. The highest BCUT2D eigenvalue weighted by Crippen LogP contribution is 2.12. The van der Waals surface area contributed by atoms with E-state index in [1.54, 1.807) is 24.1 Å². The molecule has 6 heteroatoms. The molecule has 1 N–H and O–H groups in total. The van der Waals surface area contributed by atoms with Crippen LogP contribution in [0.5, 0.6) is 5.75 Å². The number of carbonyl (C=O) groups is 2. The summed E-state index contributed by atoms with van der Waals surface area (Å²) >= 11 is 5.88. The van der Waals surface area contributed by atoms with Crippen LogP contribution in [0.15, 0.2) is 48.5 Å². The SMILES string of the molecule is COc1ccc(CCNC(=O)CCN(Cc2ccc(Cl)cc2)C(C)=O)cc1. The van der Waals surface area contributed by atoms with Crippen molar-refractivity contribution in [1.82, 2.24) is 10.2 Å². The maximum absolute atomic E-state index is 12.1. The van der Waals surface area contributed by atoms with Gasteiger partial charge in [-0.1, -0.05) is 35.9 Å². The van der Waals surface area contributed by atoms with Gasteiger partial charge in [0.2, 0.25) is 11.8 Å². The minimum atomic E-state index is -0.0640. The number of hydrogen-bond donors (Lipinski definition) is 1. The first-order valence-electron chi connectivity index (χ1n) is 8.87. The van der Waals surface area contributed by atoms with Gasteiger partial charge in [-0.2, -0.15) is 0 Å². The molecule has 0 aromatic heterocycles. The Kier molecular flexibility index (Phi) is 8.14. The number of halogens is 1. The molecule has 2 aromatic carbocycles. The van der Waals surface area contributed by atoms with Crippen LogP contribution in [0.4, 0.5) is 0 Å². The molecule has 2 rings (SSSR count). The van der Waals surface area contributed by atoms with E-state index in [2.05, 4.69) is 5.32 Å². The van der Waals surface area contributed by atoms with Gasteiger partial charge in [0.15, 0.2) is 0 Å². The van der Waals surface area contributed by atoms with Crippen molar-refractivity contribution in [3.05, 3.63) is 64.7 Å². The Bertz CT molecular complexity index is 745. The number of nitrogens with one attached hydrogen (secondary N) is 1. The monoisotopic (exact) mass is 388 g/mol. The minimum Gasteiger partial charge on any atom is -0.497 e. The van der Waals surface area contributed by atoms with Crippen molar-refractivity contribution in [1.29, 1.82) is 0 Å². The fourth-order valence-corrected chi connectivity index (χ4v) is 2.75. The molecule has 0 heterocycles. The van der Waals surface area contributed by atoms with Crippen molar-refractivity contribution >= 4 is 23.4 Å². The lowest BCUT2D eigenvalue weighted by Gasteiger charge is -2.21. The van der Waals surface area contributed by atoms with Crippen LogP contribution in [0.2, 0.25) is 5.02 Å². The lowest BCUT2D eigenvalue weighted by atomic mass is 10.1. The summed E-state index contributed by atoms with van der Waals surface area (Å²) in [5.41, 5.74) is 2.11. The Labute approximate surface area is 165 Å². The summed E-state index contributed by atoms with van der Waals surface area (Å²) in [5.74, 6) is 0.689. The second-order valence-electron chi connectivity index (χ2n) is 6.27. The normalized spacial score (nSPS) is 10.3. The fourth-order valence-electron chi connectivity index (χ4n) is 2.62. The number of rotatable bonds is 9. The largest absolute Gasteiger partial charge is 0.497 e. The summed E-state index contributed by atoms with van der Waals surface area (Å²) in [6, 6.07) is 15.1. The fraction of sp³-hybridized carbons (Fsp3) is 0.333. The van der Waals surface area contributed by atoms with Crippen molar-refractivity contribution < 1.29 is 14.3 Å². The van der Waals surface area contributed by atoms with E-state index >= 15 is 0 Å². The molecule has 2 amide bonds. The summed E-state index contributed by atoms with van der Waals surface area (Å²) in [4.78, 5) is 25.6. The summed E-state index contributed by atoms with van der Waals surface area (Å²) in [6.07, 6.45) is 1.02. The number of carbonyl (C=O) groups excluding carboxylic acids is 2. The zero-order valence-corrected chi connectivity index (χ0v) is 16.5. The highest BCUT2D eigenvalue weighted by atomic mass is 35.5. The molecule has 0 aliphatic heterocycles. The molecule has 0 radical (unpaired) electrons. The van der Waals surface area contributed by atoms with Crippen molar-refractivity contribution in [2.75, 3.05) is 20.2 Å². The average Bonchev–Trinajstić information content (AvgIpc) is 2.67. The van der Waals surface area contributed by atoms with Crippen LogP contribution in [0.3, 0.4) is 0 Å². The summed E-state index contributed by atoms with van der Waals surface area (Å²) in [7, 11) is 1.63. The molecule has 5 nitrogen and oxygen atoms in total. The number of benzene rings is 2. The maximum Gasteiger partial charge on any atom is 0.221 e. The predicted molar refractivity (Wildman–Crippen MR) is 107 cm³/mol. The number of methoxy groups -OCH3 is 1. The third-order valence-corrected chi connectivity index (χ3v) is 4.49. The van der Waals surface area contributed by atoms with Crippen molar-refractivity contribution in [2.45, 2.75) is 26.3 Å². The zero-order valence-electron chi connectivity index (χ0n) is 15.7. The number of nitrogens with zero attached hydrogens (tertiary/aromatic N) is 1. The number of amides is 2. The first kappa shape index (κ1) is 20.8. The second kappa shape index (κ2) is 10.6. The van der Waals surface area contributed by atoms with Crippen LogP contribution in [0, 0.1) is 0 Å². The molecule has 0 aliphatic carbocycles. The third kappa shape index (κ3) is 7.31. The van der Waals surface area contributed by atoms with E-state index < -0.39 is 0 Å². The van der Waals surface area contributed by atoms with Gasteiger partial charge in [0, 0.05) is 38.0 Å². The van der Waals surface area contributed by atoms with E-state index in [0.717, 1.165) is 23.3 Å². The van der Waals surface area contributed by atoms with Gasteiger partial charge in [0.05, 0.1) is 7.11 Å².